The molecule has 0 aliphatic heterocycles. The smallest absolute Gasteiger partial charge is 0.383 e. The fraction of sp³-hybridized carbons (Fsp3) is 0.200. The van der Waals surface area contributed by atoms with Crippen LogP contribution in [-0.2, 0) is 6.18 Å². The number of anilines is 2. The Morgan fingerprint density at radius 1 is 0.905 bits per heavy atom. The molecule has 0 saturated carbocycles. The largest absolute Gasteiger partial charge is 0.416 e. The van der Waals surface area contributed by atoms with Crippen LogP contribution in [0.15, 0.2) is 48.5 Å². The summed E-state index contributed by atoms with van der Waals surface area (Å²) < 4.78 is 37.7. The summed E-state index contributed by atoms with van der Waals surface area (Å²) in [5, 5.41) is 6.66. The van der Waals surface area contributed by atoms with Crippen molar-refractivity contribution in [2.75, 3.05) is 23.7 Å². The topological polar surface area (TPSA) is 24.1 Å². The van der Waals surface area contributed by atoms with Gasteiger partial charge in [-0.05, 0) is 30.3 Å². The molecular weight excluding hydrogens is 301 g/mol. The summed E-state index contributed by atoms with van der Waals surface area (Å²) in [5.41, 5.74) is 0.572. The second kappa shape index (κ2) is 6.72. The van der Waals surface area contributed by atoms with Crippen molar-refractivity contribution in [1.82, 2.24) is 0 Å². The monoisotopic (exact) mass is 314 g/mol. The summed E-state index contributed by atoms with van der Waals surface area (Å²) in [6.07, 6.45) is -4.33. The summed E-state index contributed by atoms with van der Waals surface area (Å²) in [4.78, 5) is 0. The first-order valence-electron chi connectivity index (χ1n) is 6.36. The first-order chi connectivity index (χ1) is 9.97. The number of hydrogen-bond donors (Lipinski definition) is 2. The van der Waals surface area contributed by atoms with Crippen LogP contribution in [0.25, 0.3) is 0 Å². The molecule has 0 spiro atoms. The van der Waals surface area contributed by atoms with Crippen LogP contribution in [0.2, 0.25) is 5.02 Å². The summed E-state index contributed by atoms with van der Waals surface area (Å²) in [6, 6.07) is 12.4. The lowest BCUT2D eigenvalue weighted by molar-refractivity contribution is -0.137. The van der Waals surface area contributed by atoms with E-state index in [1.54, 1.807) is 12.1 Å². The van der Waals surface area contributed by atoms with E-state index in [4.69, 9.17) is 11.6 Å². The molecule has 0 radical (unpaired) electrons. The molecule has 0 amide bonds. The van der Waals surface area contributed by atoms with Gasteiger partial charge in [-0.3, -0.25) is 0 Å². The van der Waals surface area contributed by atoms with Gasteiger partial charge in [-0.1, -0.05) is 29.8 Å². The highest BCUT2D eigenvalue weighted by Crippen LogP contribution is 2.30. The van der Waals surface area contributed by atoms with Gasteiger partial charge >= 0.3 is 6.18 Å². The summed E-state index contributed by atoms with van der Waals surface area (Å²) in [6.45, 7) is 1.02. The first-order valence-corrected chi connectivity index (χ1v) is 6.74. The zero-order chi connectivity index (χ0) is 15.3. The van der Waals surface area contributed by atoms with Gasteiger partial charge in [0.1, 0.15) is 0 Å². The minimum atomic E-state index is -4.33. The zero-order valence-electron chi connectivity index (χ0n) is 11.0. The van der Waals surface area contributed by atoms with Crippen molar-refractivity contribution in [3.63, 3.8) is 0 Å². The highest BCUT2D eigenvalue weighted by molar-refractivity contribution is 6.33. The van der Waals surface area contributed by atoms with Crippen LogP contribution < -0.4 is 10.6 Å². The predicted molar refractivity (Wildman–Crippen MR) is 79.9 cm³/mol. The Labute approximate surface area is 125 Å². The number of rotatable bonds is 5. The van der Waals surface area contributed by atoms with Gasteiger partial charge in [0, 0.05) is 18.8 Å². The van der Waals surface area contributed by atoms with Crippen LogP contribution in [0.4, 0.5) is 24.5 Å². The minimum absolute atomic E-state index is 0.436. The number of para-hydroxylation sites is 1. The molecule has 0 bridgehead atoms. The van der Waals surface area contributed by atoms with Gasteiger partial charge in [-0.2, -0.15) is 13.2 Å². The van der Waals surface area contributed by atoms with Gasteiger partial charge < -0.3 is 10.6 Å². The van der Waals surface area contributed by atoms with Crippen LogP contribution in [0.3, 0.4) is 0 Å². The number of halogens is 4. The van der Waals surface area contributed by atoms with Crippen molar-refractivity contribution in [3.05, 3.63) is 59.1 Å². The molecule has 0 aliphatic carbocycles. The average Bonchev–Trinajstić information content (AvgIpc) is 2.45. The van der Waals surface area contributed by atoms with Gasteiger partial charge in [0.2, 0.25) is 0 Å². The highest BCUT2D eigenvalue weighted by Gasteiger charge is 2.30. The van der Waals surface area contributed by atoms with E-state index in [1.165, 1.54) is 6.07 Å². The van der Waals surface area contributed by atoms with E-state index < -0.39 is 11.7 Å². The SMILES string of the molecule is FC(F)(F)c1cccc(NCCNc2ccccc2Cl)c1. The van der Waals surface area contributed by atoms with Crippen molar-refractivity contribution in [2.24, 2.45) is 0 Å². The molecule has 2 aromatic carbocycles. The molecule has 0 saturated heterocycles. The summed E-state index contributed by atoms with van der Waals surface area (Å²) >= 11 is 5.98. The maximum absolute atomic E-state index is 12.6. The Bertz CT molecular complexity index is 599. The van der Waals surface area contributed by atoms with Gasteiger partial charge in [0.15, 0.2) is 0 Å². The summed E-state index contributed by atoms with van der Waals surface area (Å²) in [7, 11) is 0. The Morgan fingerprint density at radius 2 is 1.62 bits per heavy atom. The van der Waals surface area contributed by atoms with Crippen LogP contribution in [0.5, 0.6) is 0 Å². The van der Waals surface area contributed by atoms with Gasteiger partial charge in [-0.25, -0.2) is 0 Å². The van der Waals surface area contributed by atoms with Crippen molar-refractivity contribution >= 4 is 23.0 Å². The molecule has 21 heavy (non-hydrogen) atoms. The van der Waals surface area contributed by atoms with E-state index in [0.29, 0.717) is 23.8 Å². The van der Waals surface area contributed by atoms with Crippen molar-refractivity contribution in [1.29, 1.82) is 0 Å². The summed E-state index contributed by atoms with van der Waals surface area (Å²) in [5.74, 6) is 0. The normalized spacial score (nSPS) is 11.2. The number of hydrogen-bond acceptors (Lipinski definition) is 2. The van der Waals surface area contributed by atoms with E-state index in [9.17, 15) is 13.2 Å². The molecule has 0 aromatic heterocycles. The highest BCUT2D eigenvalue weighted by atomic mass is 35.5. The maximum atomic E-state index is 12.6. The molecule has 0 atom stereocenters. The average molecular weight is 315 g/mol. The predicted octanol–water partition coefficient (Wildman–Crippen LogP) is 4.88. The molecule has 112 valence electrons. The molecule has 0 unspecified atom stereocenters. The van der Waals surface area contributed by atoms with Crippen molar-refractivity contribution in [2.45, 2.75) is 6.18 Å². The van der Waals surface area contributed by atoms with Crippen molar-refractivity contribution < 1.29 is 13.2 Å². The zero-order valence-corrected chi connectivity index (χ0v) is 11.8. The lowest BCUT2D eigenvalue weighted by Crippen LogP contribution is -2.14. The Balaban J connectivity index is 1.85. The number of nitrogens with one attached hydrogen (secondary N) is 2. The molecule has 2 rings (SSSR count). The molecule has 2 N–H and O–H groups in total. The van der Waals surface area contributed by atoms with Crippen LogP contribution in [-0.4, -0.2) is 13.1 Å². The van der Waals surface area contributed by atoms with Crippen LogP contribution in [0.1, 0.15) is 5.56 Å². The lowest BCUT2D eigenvalue weighted by Gasteiger charge is -2.12. The molecule has 0 heterocycles. The third-order valence-electron chi connectivity index (χ3n) is 2.83. The first kappa shape index (κ1) is 15.5. The third-order valence-corrected chi connectivity index (χ3v) is 3.16. The fourth-order valence-corrected chi connectivity index (χ4v) is 2.02. The van der Waals surface area contributed by atoms with E-state index in [0.717, 1.165) is 17.8 Å². The van der Waals surface area contributed by atoms with E-state index in [1.807, 2.05) is 18.2 Å². The minimum Gasteiger partial charge on any atom is -0.383 e. The lowest BCUT2D eigenvalue weighted by atomic mass is 10.2. The maximum Gasteiger partial charge on any atom is 0.416 e. The number of benzene rings is 2. The Hall–Kier alpha value is -1.88. The molecule has 2 nitrogen and oxygen atoms in total. The standard InChI is InChI=1S/C15H14ClF3N2/c16-13-6-1-2-7-14(13)21-9-8-20-12-5-3-4-11(10-12)15(17,18)19/h1-7,10,20-21H,8-9H2. The molecule has 0 fully saturated rings. The van der Waals surface area contributed by atoms with E-state index in [-0.39, 0.29) is 0 Å². The van der Waals surface area contributed by atoms with Gasteiger partial charge in [-0.15, -0.1) is 0 Å². The molecule has 2 aromatic rings. The van der Waals surface area contributed by atoms with E-state index in [2.05, 4.69) is 10.6 Å². The van der Waals surface area contributed by atoms with Crippen LogP contribution in [0, 0.1) is 0 Å². The molecule has 0 aliphatic rings. The van der Waals surface area contributed by atoms with Gasteiger partial charge in [0.05, 0.1) is 16.3 Å². The molecular formula is C15H14ClF3N2. The third kappa shape index (κ3) is 4.56. The Morgan fingerprint density at radius 3 is 2.33 bits per heavy atom. The molecule has 6 heteroatoms. The van der Waals surface area contributed by atoms with Crippen LogP contribution >= 0.6 is 11.6 Å². The fourth-order valence-electron chi connectivity index (χ4n) is 1.81. The second-order valence-electron chi connectivity index (χ2n) is 4.41. The quantitative estimate of drug-likeness (QED) is 0.768. The second-order valence-corrected chi connectivity index (χ2v) is 4.82. The van der Waals surface area contributed by atoms with Crippen molar-refractivity contribution in [3.8, 4) is 0 Å². The van der Waals surface area contributed by atoms with E-state index >= 15 is 0 Å². The van der Waals surface area contributed by atoms with Gasteiger partial charge in [0.25, 0.3) is 0 Å². The number of alkyl halides is 3. The Kier molecular flexibility index (Phi) is 4.96.